The van der Waals surface area contributed by atoms with E-state index in [0.29, 0.717) is 5.69 Å². The second-order valence-corrected chi connectivity index (χ2v) is 7.39. The maximum atomic E-state index is 12.7. The van der Waals surface area contributed by atoms with Gasteiger partial charge in [0.1, 0.15) is 12.1 Å². The van der Waals surface area contributed by atoms with Crippen molar-refractivity contribution in [2.45, 2.75) is 76.3 Å². The van der Waals surface area contributed by atoms with Crippen LogP contribution in [-0.2, 0) is 0 Å². The second kappa shape index (κ2) is 7.52. The van der Waals surface area contributed by atoms with E-state index in [0.717, 1.165) is 64.2 Å². The third-order valence-electron chi connectivity index (χ3n) is 6.09. The van der Waals surface area contributed by atoms with E-state index in [1.54, 1.807) is 18.2 Å². The van der Waals surface area contributed by atoms with Gasteiger partial charge < -0.3 is 5.11 Å². The van der Waals surface area contributed by atoms with E-state index in [1.165, 1.54) is 6.07 Å². The van der Waals surface area contributed by atoms with Crippen molar-refractivity contribution >= 4 is 17.5 Å². The Morgan fingerprint density at radius 1 is 0.960 bits per heavy atom. The van der Waals surface area contributed by atoms with E-state index in [1.807, 2.05) is 0 Å². The second-order valence-electron chi connectivity index (χ2n) is 7.39. The van der Waals surface area contributed by atoms with Gasteiger partial charge in [0.15, 0.2) is 0 Å². The lowest BCUT2D eigenvalue weighted by Gasteiger charge is -2.46. The molecule has 0 aromatic heterocycles. The van der Waals surface area contributed by atoms with Gasteiger partial charge in [0.05, 0.1) is 4.92 Å². The number of rotatable bonds is 4. The lowest BCUT2D eigenvalue weighted by molar-refractivity contribution is -0.384. The molecule has 1 aromatic rings. The molecule has 0 bridgehead atoms. The summed E-state index contributed by atoms with van der Waals surface area (Å²) >= 11 is 0. The maximum absolute atomic E-state index is 12.7. The number of nitrogens with zero attached hydrogens (tertiary/aromatic N) is 2. The highest BCUT2D eigenvalue weighted by Gasteiger charge is 2.55. The minimum Gasteiger partial charge on any atom is -0.435 e. The molecular weight excluding hydrogens is 320 g/mol. The number of carboxylic acid groups (broad SMARTS) is 1. The molecule has 1 aromatic carbocycles. The van der Waals surface area contributed by atoms with Crippen LogP contribution in [-0.4, -0.2) is 28.2 Å². The fourth-order valence-corrected chi connectivity index (χ4v) is 5.01. The minimum absolute atomic E-state index is 0.0546. The molecule has 0 spiro atoms. The molecule has 2 fully saturated rings. The normalized spacial score (nSPS) is 20.3. The van der Waals surface area contributed by atoms with Crippen LogP contribution in [0.3, 0.4) is 0 Å². The van der Waals surface area contributed by atoms with Crippen LogP contribution in [0.25, 0.3) is 0 Å². The summed E-state index contributed by atoms with van der Waals surface area (Å²) in [7, 11) is 0. The molecule has 0 unspecified atom stereocenters. The topological polar surface area (TPSA) is 80.4 Å². The number of hydrogen-bond donors (Lipinski definition) is 1. The number of carbonyl (C=O) groups is 1. The smallest absolute Gasteiger partial charge is 0.435 e. The van der Waals surface area contributed by atoms with E-state index < -0.39 is 11.0 Å². The van der Waals surface area contributed by atoms with Gasteiger partial charge in [-0.15, -0.1) is 0 Å². The van der Waals surface area contributed by atoms with Crippen LogP contribution in [0, 0.1) is 10.1 Å². The monoisotopic (exact) mass is 347 g/mol. The summed E-state index contributed by atoms with van der Waals surface area (Å²) in [5.41, 5.74) is 0.319. The van der Waals surface area contributed by atoms with Gasteiger partial charge in [-0.25, -0.2) is 0 Å². The number of amides is 1. The predicted molar refractivity (Wildman–Crippen MR) is 96.7 cm³/mol. The average Bonchev–Trinajstić information content (AvgIpc) is 2.64. The molecule has 1 N–H and O–H groups in total. The minimum atomic E-state index is -0.923. The highest BCUT2D eigenvalue weighted by molar-refractivity contribution is 5.85. The third-order valence-corrected chi connectivity index (χ3v) is 6.09. The molecule has 6 nitrogen and oxygen atoms in total. The van der Waals surface area contributed by atoms with Gasteiger partial charge in [0.25, 0.3) is 0 Å². The SMILES string of the molecule is O=C(O)[N+](c1ccccc1[N+](=O)[O-])(C1CCCCC1)C1CCCCC1. The molecule has 0 aliphatic heterocycles. The van der Waals surface area contributed by atoms with Crippen molar-refractivity contribution in [2.24, 2.45) is 0 Å². The molecule has 2 aliphatic rings. The van der Waals surface area contributed by atoms with Gasteiger partial charge >= 0.3 is 11.8 Å². The van der Waals surface area contributed by atoms with Crippen LogP contribution < -0.4 is 4.48 Å². The molecule has 136 valence electrons. The summed E-state index contributed by atoms with van der Waals surface area (Å²) in [6.07, 6.45) is 8.66. The molecule has 0 atom stereocenters. The summed E-state index contributed by atoms with van der Waals surface area (Å²) in [6.45, 7) is 0. The van der Waals surface area contributed by atoms with Gasteiger partial charge in [-0.05, 0) is 25.7 Å². The van der Waals surface area contributed by atoms with E-state index in [-0.39, 0.29) is 22.3 Å². The molecule has 0 radical (unpaired) electrons. The highest BCUT2D eigenvalue weighted by Crippen LogP contribution is 2.45. The van der Waals surface area contributed by atoms with Crippen LogP contribution in [0.1, 0.15) is 64.2 Å². The number of quaternary nitrogens is 1. The van der Waals surface area contributed by atoms with Crippen LogP contribution in [0.15, 0.2) is 24.3 Å². The molecular formula is C19H27N2O4+. The Morgan fingerprint density at radius 2 is 1.44 bits per heavy atom. The predicted octanol–water partition coefficient (Wildman–Crippen LogP) is 5.25. The zero-order chi connectivity index (χ0) is 17.9. The summed E-state index contributed by atoms with van der Waals surface area (Å²) in [6, 6.07) is 6.35. The van der Waals surface area contributed by atoms with E-state index in [2.05, 4.69) is 0 Å². The van der Waals surface area contributed by atoms with Crippen LogP contribution in [0.5, 0.6) is 0 Å². The van der Waals surface area contributed by atoms with Crippen molar-refractivity contribution in [1.82, 2.24) is 4.48 Å². The maximum Gasteiger partial charge on any atom is 0.519 e. The van der Waals surface area contributed by atoms with Gasteiger partial charge in [0.2, 0.25) is 5.69 Å². The Bertz CT molecular complexity index is 616. The Morgan fingerprint density at radius 3 is 1.88 bits per heavy atom. The Labute approximate surface area is 148 Å². The molecule has 6 heteroatoms. The lowest BCUT2D eigenvalue weighted by atomic mass is 9.85. The van der Waals surface area contributed by atoms with Crippen molar-refractivity contribution in [3.8, 4) is 0 Å². The number of nitro benzene ring substituents is 1. The number of para-hydroxylation sites is 2. The van der Waals surface area contributed by atoms with E-state index in [4.69, 9.17) is 0 Å². The molecule has 0 saturated heterocycles. The number of benzene rings is 1. The Balaban J connectivity index is 2.19. The largest absolute Gasteiger partial charge is 0.519 e. The fraction of sp³-hybridized carbons (Fsp3) is 0.632. The van der Waals surface area contributed by atoms with Gasteiger partial charge in [-0.2, -0.15) is 9.28 Å². The molecule has 0 heterocycles. The zero-order valence-corrected chi connectivity index (χ0v) is 14.6. The first-order valence-electron chi connectivity index (χ1n) is 9.44. The highest BCUT2D eigenvalue weighted by atomic mass is 16.6. The first-order valence-corrected chi connectivity index (χ1v) is 9.44. The first-order chi connectivity index (χ1) is 12.1. The molecule has 1 amide bonds. The van der Waals surface area contributed by atoms with Crippen molar-refractivity contribution in [2.75, 3.05) is 0 Å². The van der Waals surface area contributed by atoms with Crippen molar-refractivity contribution in [3.63, 3.8) is 0 Å². The van der Waals surface area contributed by atoms with Gasteiger partial charge in [-0.1, -0.05) is 25.0 Å². The van der Waals surface area contributed by atoms with Crippen molar-refractivity contribution in [1.29, 1.82) is 0 Å². The molecule has 25 heavy (non-hydrogen) atoms. The lowest BCUT2D eigenvalue weighted by Crippen LogP contribution is -2.67. The first kappa shape index (κ1) is 17.9. The van der Waals surface area contributed by atoms with Gasteiger partial charge in [-0.3, -0.25) is 10.1 Å². The summed E-state index contributed by atoms with van der Waals surface area (Å²) in [4.78, 5) is 24.0. The standard InChI is InChI=1S/C19H26N2O4/c22-19(23)21(15-9-3-1-4-10-15,16-11-5-2-6-12-16)18-14-8-7-13-17(18)20(24)25/h7-8,13-16H,1-6,9-12H2/p+1. The van der Waals surface area contributed by atoms with Crippen LogP contribution in [0.2, 0.25) is 0 Å². The molecule has 3 rings (SSSR count). The summed E-state index contributed by atoms with van der Waals surface area (Å²) in [5, 5.41) is 22.1. The molecule has 2 saturated carbocycles. The van der Waals surface area contributed by atoms with Crippen LogP contribution >= 0.6 is 0 Å². The number of hydrogen-bond acceptors (Lipinski definition) is 3. The fourth-order valence-electron chi connectivity index (χ4n) is 5.01. The zero-order valence-electron chi connectivity index (χ0n) is 14.6. The summed E-state index contributed by atoms with van der Waals surface area (Å²) < 4.78 is -0.239. The average molecular weight is 347 g/mol. The Kier molecular flexibility index (Phi) is 5.37. The van der Waals surface area contributed by atoms with Gasteiger partial charge in [0, 0.05) is 37.8 Å². The van der Waals surface area contributed by atoms with E-state index in [9.17, 15) is 20.0 Å². The van der Waals surface area contributed by atoms with E-state index >= 15 is 0 Å². The van der Waals surface area contributed by atoms with Crippen LogP contribution in [0.4, 0.5) is 16.2 Å². The summed E-state index contributed by atoms with van der Waals surface area (Å²) in [5.74, 6) is 0. The van der Waals surface area contributed by atoms with Crippen molar-refractivity contribution in [3.05, 3.63) is 34.4 Å². The number of nitro groups is 1. The molecule has 2 aliphatic carbocycles. The quantitative estimate of drug-likeness (QED) is 0.458. The van der Waals surface area contributed by atoms with Crippen molar-refractivity contribution < 1.29 is 14.8 Å². The Hall–Kier alpha value is -1.95. The third kappa shape index (κ3) is 3.15.